The molecule has 5 heteroatoms. The molecule has 2 aromatic rings. The third-order valence-corrected chi connectivity index (χ3v) is 3.54. The van der Waals surface area contributed by atoms with Crippen molar-refractivity contribution in [2.75, 3.05) is 6.54 Å². The summed E-state index contributed by atoms with van der Waals surface area (Å²) >= 11 is 0. The molecule has 0 radical (unpaired) electrons. The van der Waals surface area contributed by atoms with E-state index in [0.29, 0.717) is 18.6 Å². The minimum atomic E-state index is -0.852. The molecule has 2 atom stereocenters. The van der Waals surface area contributed by atoms with Gasteiger partial charge in [0.1, 0.15) is 17.7 Å². The van der Waals surface area contributed by atoms with E-state index >= 15 is 0 Å². The highest BCUT2D eigenvalue weighted by Gasteiger charge is 2.16. The number of carbonyl (C=O) groups excluding carboxylic acids is 1. The van der Waals surface area contributed by atoms with Gasteiger partial charge in [-0.05, 0) is 42.7 Å². The van der Waals surface area contributed by atoms with Gasteiger partial charge in [-0.1, -0.05) is 19.1 Å². The Labute approximate surface area is 129 Å². The fourth-order valence-electron chi connectivity index (χ4n) is 2.16. The first kappa shape index (κ1) is 16.2. The van der Waals surface area contributed by atoms with Crippen molar-refractivity contribution >= 4 is 5.91 Å². The Morgan fingerprint density at radius 1 is 1.36 bits per heavy atom. The molecule has 0 aliphatic heterocycles. The van der Waals surface area contributed by atoms with E-state index < -0.39 is 6.10 Å². The van der Waals surface area contributed by atoms with Gasteiger partial charge in [0.05, 0.1) is 12.8 Å². The smallest absolute Gasteiger partial charge is 0.222 e. The van der Waals surface area contributed by atoms with Crippen molar-refractivity contribution in [3.05, 3.63) is 59.8 Å². The zero-order chi connectivity index (χ0) is 15.9. The van der Waals surface area contributed by atoms with Crippen molar-refractivity contribution < 1.29 is 18.7 Å². The zero-order valence-electron chi connectivity index (χ0n) is 12.5. The van der Waals surface area contributed by atoms with Crippen molar-refractivity contribution in [1.82, 2.24) is 5.32 Å². The highest BCUT2D eigenvalue weighted by Crippen LogP contribution is 2.14. The van der Waals surface area contributed by atoms with Crippen LogP contribution in [-0.2, 0) is 11.2 Å². The van der Waals surface area contributed by atoms with Gasteiger partial charge < -0.3 is 14.8 Å². The number of furan rings is 1. The van der Waals surface area contributed by atoms with Crippen LogP contribution < -0.4 is 5.32 Å². The first-order chi connectivity index (χ1) is 10.6. The molecule has 0 fully saturated rings. The fourth-order valence-corrected chi connectivity index (χ4v) is 2.16. The quantitative estimate of drug-likeness (QED) is 0.827. The number of aliphatic hydroxyl groups is 1. The van der Waals surface area contributed by atoms with Crippen molar-refractivity contribution in [3.8, 4) is 0 Å². The standard InChI is InChI=1S/C17H20FNO3/c1-12(7-8-13-4-2-5-14(18)10-13)17(21)19-11-15(20)16-6-3-9-22-16/h2-6,9-10,12,15,20H,7-8,11H2,1H3,(H,19,21). The van der Waals surface area contributed by atoms with Gasteiger partial charge in [0, 0.05) is 5.92 Å². The van der Waals surface area contributed by atoms with E-state index in [4.69, 9.17) is 4.42 Å². The number of aliphatic hydroxyl groups excluding tert-OH is 1. The molecule has 2 rings (SSSR count). The van der Waals surface area contributed by atoms with E-state index in [1.54, 1.807) is 18.2 Å². The Hall–Kier alpha value is -2.14. The second-order valence-electron chi connectivity index (χ2n) is 5.35. The number of rotatable bonds is 7. The van der Waals surface area contributed by atoms with Crippen molar-refractivity contribution in [2.45, 2.75) is 25.9 Å². The summed E-state index contributed by atoms with van der Waals surface area (Å²) in [6, 6.07) is 9.72. The van der Waals surface area contributed by atoms with E-state index in [1.807, 2.05) is 13.0 Å². The Balaban J connectivity index is 1.75. The lowest BCUT2D eigenvalue weighted by Gasteiger charge is -2.14. The molecule has 0 saturated heterocycles. The van der Waals surface area contributed by atoms with Gasteiger partial charge in [-0.3, -0.25) is 4.79 Å². The Morgan fingerprint density at radius 2 is 2.18 bits per heavy atom. The topological polar surface area (TPSA) is 62.5 Å². The molecule has 118 valence electrons. The summed E-state index contributed by atoms with van der Waals surface area (Å²) in [6.07, 6.45) is 1.87. The molecule has 1 aromatic carbocycles. The minimum absolute atomic E-state index is 0.108. The molecular weight excluding hydrogens is 285 g/mol. The lowest BCUT2D eigenvalue weighted by Crippen LogP contribution is -2.32. The number of aryl methyl sites for hydroxylation is 1. The van der Waals surface area contributed by atoms with Crippen LogP contribution in [0.15, 0.2) is 47.1 Å². The maximum atomic E-state index is 13.1. The molecule has 22 heavy (non-hydrogen) atoms. The monoisotopic (exact) mass is 305 g/mol. The summed E-state index contributed by atoms with van der Waals surface area (Å²) in [7, 11) is 0. The first-order valence-corrected chi connectivity index (χ1v) is 7.30. The Bertz CT molecular complexity index is 598. The van der Waals surface area contributed by atoms with Crippen LogP contribution in [0.4, 0.5) is 4.39 Å². The van der Waals surface area contributed by atoms with Crippen LogP contribution in [0.3, 0.4) is 0 Å². The average molecular weight is 305 g/mol. The van der Waals surface area contributed by atoms with Crippen molar-refractivity contribution in [3.63, 3.8) is 0 Å². The van der Waals surface area contributed by atoms with E-state index in [9.17, 15) is 14.3 Å². The number of carbonyl (C=O) groups is 1. The molecule has 0 spiro atoms. The maximum absolute atomic E-state index is 13.1. The summed E-state index contributed by atoms with van der Waals surface area (Å²) in [6.45, 7) is 1.92. The van der Waals surface area contributed by atoms with Crippen LogP contribution in [0.2, 0.25) is 0 Å². The van der Waals surface area contributed by atoms with Gasteiger partial charge in [-0.15, -0.1) is 0 Å². The number of nitrogens with one attached hydrogen (secondary N) is 1. The lowest BCUT2D eigenvalue weighted by atomic mass is 10.0. The van der Waals surface area contributed by atoms with E-state index in [0.717, 1.165) is 5.56 Å². The minimum Gasteiger partial charge on any atom is -0.467 e. The Morgan fingerprint density at radius 3 is 2.86 bits per heavy atom. The third kappa shape index (κ3) is 4.70. The predicted octanol–water partition coefficient (Wildman–Crippen LogP) is 2.84. The maximum Gasteiger partial charge on any atom is 0.222 e. The molecule has 2 N–H and O–H groups in total. The fraction of sp³-hybridized carbons (Fsp3) is 0.353. The van der Waals surface area contributed by atoms with Gasteiger partial charge in [0.2, 0.25) is 5.91 Å². The highest BCUT2D eigenvalue weighted by molar-refractivity contribution is 5.78. The number of halogens is 1. The molecule has 0 saturated carbocycles. The number of benzene rings is 1. The molecule has 0 aliphatic rings. The lowest BCUT2D eigenvalue weighted by molar-refractivity contribution is -0.125. The van der Waals surface area contributed by atoms with Crippen LogP contribution in [-0.4, -0.2) is 17.6 Å². The van der Waals surface area contributed by atoms with E-state index in [1.165, 1.54) is 18.4 Å². The summed E-state index contributed by atoms with van der Waals surface area (Å²) in [4.78, 5) is 12.0. The molecular formula is C17H20FNO3. The first-order valence-electron chi connectivity index (χ1n) is 7.30. The molecule has 1 amide bonds. The zero-order valence-corrected chi connectivity index (χ0v) is 12.5. The number of amides is 1. The van der Waals surface area contributed by atoms with Crippen molar-refractivity contribution in [2.24, 2.45) is 5.92 Å². The van der Waals surface area contributed by atoms with Crippen molar-refractivity contribution in [1.29, 1.82) is 0 Å². The van der Waals surface area contributed by atoms with Gasteiger partial charge in [0.15, 0.2) is 0 Å². The van der Waals surface area contributed by atoms with Crippen LogP contribution >= 0.6 is 0 Å². The Kier molecular flexibility index (Phi) is 5.72. The molecule has 1 aromatic heterocycles. The molecule has 4 nitrogen and oxygen atoms in total. The molecule has 0 aliphatic carbocycles. The van der Waals surface area contributed by atoms with Crippen LogP contribution in [0.5, 0.6) is 0 Å². The number of hydrogen-bond acceptors (Lipinski definition) is 3. The highest BCUT2D eigenvalue weighted by atomic mass is 19.1. The SMILES string of the molecule is CC(CCc1cccc(F)c1)C(=O)NCC(O)c1ccco1. The summed E-state index contributed by atoms with van der Waals surface area (Å²) in [5.41, 5.74) is 0.871. The third-order valence-electron chi connectivity index (χ3n) is 3.54. The molecule has 1 heterocycles. The summed E-state index contributed by atoms with van der Waals surface area (Å²) < 4.78 is 18.1. The van der Waals surface area contributed by atoms with E-state index in [-0.39, 0.29) is 24.2 Å². The van der Waals surface area contributed by atoms with Crippen LogP contribution in [0.1, 0.15) is 30.8 Å². The van der Waals surface area contributed by atoms with Gasteiger partial charge in [-0.2, -0.15) is 0 Å². The van der Waals surface area contributed by atoms with Crippen LogP contribution in [0.25, 0.3) is 0 Å². The predicted molar refractivity (Wildman–Crippen MR) is 80.6 cm³/mol. The molecule has 0 bridgehead atoms. The number of hydrogen-bond donors (Lipinski definition) is 2. The largest absolute Gasteiger partial charge is 0.467 e. The average Bonchev–Trinajstić information content (AvgIpc) is 3.04. The normalized spacial score (nSPS) is 13.6. The second-order valence-corrected chi connectivity index (χ2v) is 5.35. The van der Waals surface area contributed by atoms with Gasteiger partial charge in [0.25, 0.3) is 0 Å². The summed E-state index contributed by atoms with van der Waals surface area (Å²) in [5.74, 6) is -0.196. The second kappa shape index (κ2) is 7.75. The van der Waals surface area contributed by atoms with Gasteiger partial charge in [-0.25, -0.2) is 4.39 Å². The van der Waals surface area contributed by atoms with Gasteiger partial charge >= 0.3 is 0 Å². The van der Waals surface area contributed by atoms with Crippen LogP contribution in [0, 0.1) is 11.7 Å². The molecule has 2 unspecified atom stereocenters. The van der Waals surface area contributed by atoms with E-state index in [2.05, 4.69) is 5.32 Å². The summed E-state index contributed by atoms with van der Waals surface area (Å²) in [5, 5.41) is 12.5.